The fourth-order valence-electron chi connectivity index (χ4n) is 4.26. The van der Waals surface area contributed by atoms with E-state index in [4.69, 9.17) is 4.74 Å². The number of nitrogens with one attached hydrogen (secondary N) is 1. The van der Waals surface area contributed by atoms with Crippen LogP contribution in [0.2, 0.25) is 0 Å². The maximum Gasteiger partial charge on any atom is 0.328 e. The van der Waals surface area contributed by atoms with Crippen LogP contribution in [0, 0.1) is 29.6 Å². The van der Waals surface area contributed by atoms with Gasteiger partial charge in [0.25, 0.3) is 0 Å². The average Bonchev–Trinajstić information content (AvgIpc) is 2.93. The summed E-state index contributed by atoms with van der Waals surface area (Å²) in [5.41, 5.74) is -0.230. The van der Waals surface area contributed by atoms with E-state index in [0.717, 1.165) is 10.0 Å². The number of carbonyl (C=O) groups is 2. The number of likely N-dealkylation sites (tertiary alicyclic amines) is 1. The summed E-state index contributed by atoms with van der Waals surface area (Å²) < 4.78 is 5.03. The van der Waals surface area contributed by atoms with Crippen LogP contribution in [-0.4, -0.2) is 47.5 Å². The summed E-state index contributed by atoms with van der Waals surface area (Å²) in [5.74, 6) is 0.179. The van der Waals surface area contributed by atoms with Crippen molar-refractivity contribution in [3.8, 4) is 0 Å². The molecule has 3 rings (SSSR count). The smallest absolute Gasteiger partial charge is 0.328 e. The molecule has 1 aliphatic heterocycles. The Morgan fingerprint density at radius 1 is 1.42 bits per heavy atom. The van der Waals surface area contributed by atoms with E-state index < -0.39 is 12.1 Å². The van der Waals surface area contributed by atoms with E-state index in [1.165, 1.54) is 18.4 Å². The SMILES string of the molecule is COC(=O)[C@@H]1[C@@H]2[C@H](CN1C(=O)[C@@H](Nc1ncc(C)s1)C(C)(C)C)C2(C)C. The van der Waals surface area contributed by atoms with Crippen LogP contribution in [0.1, 0.15) is 39.5 Å². The number of carbonyl (C=O) groups excluding carboxylic acids is 2. The standard InChI is InChI=1S/C19H29N3O3S/c1-10-8-20-17(26-10)21-14(18(2,3)4)15(23)22-9-11-12(19(11,5)6)13(22)16(24)25-7/h8,11-14H,9H2,1-7H3,(H,20,21)/t11-,12-,13-,14+/m0/s1. The number of aromatic nitrogens is 1. The van der Waals surface area contributed by atoms with Gasteiger partial charge in [0.1, 0.15) is 12.1 Å². The Labute approximate surface area is 159 Å². The molecule has 1 aromatic rings. The summed E-state index contributed by atoms with van der Waals surface area (Å²) in [6.45, 7) is 13.0. The summed E-state index contributed by atoms with van der Waals surface area (Å²) in [5, 5.41) is 4.04. The predicted molar refractivity (Wildman–Crippen MR) is 102 cm³/mol. The molecule has 1 aliphatic carbocycles. The fourth-order valence-corrected chi connectivity index (χ4v) is 4.96. The number of fused-ring (bicyclic) bond motifs is 1. The molecule has 1 amide bonds. The van der Waals surface area contributed by atoms with Crippen LogP contribution in [0.5, 0.6) is 0 Å². The first-order valence-corrected chi connectivity index (χ1v) is 9.87. The number of ether oxygens (including phenoxy) is 1. The van der Waals surface area contributed by atoms with Crippen molar-refractivity contribution in [3.05, 3.63) is 11.1 Å². The van der Waals surface area contributed by atoms with E-state index in [9.17, 15) is 9.59 Å². The Morgan fingerprint density at radius 3 is 2.58 bits per heavy atom. The molecule has 2 heterocycles. The molecular weight excluding hydrogens is 350 g/mol. The van der Waals surface area contributed by atoms with Crippen molar-refractivity contribution >= 4 is 28.3 Å². The van der Waals surface area contributed by atoms with Gasteiger partial charge in [-0.25, -0.2) is 9.78 Å². The first-order valence-electron chi connectivity index (χ1n) is 9.05. The van der Waals surface area contributed by atoms with E-state index in [0.29, 0.717) is 12.5 Å². The molecule has 4 atom stereocenters. The zero-order valence-corrected chi connectivity index (χ0v) is 17.4. The van der Waals surface area contributed by atoms with Gasteiger partial charge in [0.15, 0.2) is 5.13 Å². The van der Waals surface area contributed by atoms with Crippen LogP contribution in [0.15, 0.2) is 6.20 Å². The lowest BCUT2D eigenvalue weighted by Crippen LogP contribution is -2.54. The Balaban J connectivity index is 1.85. The number of esters is 1. The van der Waals surface area contributed by atoms with E-state index in [1.54, 1.807) is 11.1 Å². The molecule has 1 saturated carbocycles. The maximum atomic E-state index is 13.4. The van der Waals surface area contributed by atoms with Crippen LogP contribution in [0.25, 0.3) is 0 Å². The number of aryl methyl sites for hydroxylation is 1. The molecule has 2 aliphatic rings. The first-order chi connectivity index (χ1) is 12.0. The number of methoxy groups -OCH3 is 1. The minimum atomic E-state index is -0.489. The Kier molecular flexibility index (Phi) is 4.58. The van der Waals surface area contributed by atoms with Crippen LogP contribution < -0.4 is 5.32 Å². The molecule has 6 nitrogen and oxygen atoms in total. The monoisotopic (exact) mass is 379 g/mol. The third-order valence-electron chi connectivity index (χ3n) is 5.94. The lowest BCUT2D eigenvalue weighted by molar-refractivity contribution is -0.154. The second-order valence-electron chi connectivity index (χ2n) is 9.13. The van der Waals surface area contributed by atoms with E-state index in [2.05, 4.69) is 24.1 Å². The summed E-state index contributed by atoms with van der Waals surface area (Å²) in [6, 6.07) is -0.946. The van der Waals surface area contributed by atoms with E-state index in [-0.39, 0.29) is 28.6 Å². The lowest BCUT2D eigenvalue weighted by Gasteiger charge is -2.37. The second-order valence-corrected chi connectivity index (χ2v) is 10.4. The molecule has 0 aromatic carbocycles. The number of amides is 1. The first kappa shape index (κ1) is 19.1. The van der Waals surface area contributed by atoms with Crippen molar-refractivity contribution in [2.75, 3.05) is 19.0 Å². The molecule has 0 radical (unpaired) electrons. The molecule has 7 heteroatoms. The van der Waals surface area contributed by atoms with Crippen LogP contribution in [0.4, 0.5) is 5.13 Å². The van der Waals surface area contributed by atoms with Gasteiger partial charge < -0.3 is 15.0 Å². The normalized spacial score (nSPS) is 27.7. The number of piperidine rings is 1. The van der Waals surface area contributed by atoms with Crippen molar-refractivity contribution < 1.29 is 14.3 Å². The predicted octanol–water partition coefficient (Wildman–Crippen LogP) is 2.93. The van der Waals surface area contributed by atoms with E-state index in [1.807, 2.05) is 27.7 Å². The highest BCUT2D eigenvalue weighted by Crippen LogP contribution is 2.65. The fraction of sp³-hybridized carbons (Fsp3) is 0.737. The van der Waals surface area contributed by atoms with Crippen molar-refractivity contribution in [2.24, 2.45) is 22.7 Å². The molecule has 0 bridgehead atoms. The Hall–Kier alpha value is -1.63. The molecular formula is C19H29N3O3S. The van der Waals surface area contributed by atoms with Gasteiger partial charge in [-0.05, 0) is 23.7 Å². The van der Waals surface area contributed by atoms with E-state index >= 15 is 0 Å². The maximum absolute atomic E-state index is 13.4. The number of nitrogens with zero attached hydrogens (tertiary/aromatic N) is 2. The summed E-state index contributed by atoms with van der Waals surface area (Å²) in [6.07, 6.45) is 1.79. The zero-order valence-electron chi connectivity index (χ0n) is 16.6. The van der Waals surface area contributed by atoms with Gasteiger partial charge in [-0.3, -0.25) is 4.79 Å². The Bertz CT molecular complexity index is 722. The number of hydrogen-bond acceptors (Lipinski definition) is 6. The largest absolute Gasteiger partial charge is 0.467 e. The van der Waals surface area contributed by atoms with Gasteiger partial charge >= 0.3 is 5.97 Å². The lowest BCUT2D eigenvalue weighted by atomic mass is 9.85. The summed E-state index contributed by atoms with van der Waals surface area (Å²) in [4.78, 5) is 33.0. The molecule has 144 valence electrons. The molecule has 1 aromatic heterocycles. The highest BCUT2D eigenvalue weighted by Gasteiger charge is 2.70. The Morgan fingerprint density at radius 2 is 2.08 bits per heavy atom. The number of thiazole rings is 1. The zero-order chi connectivity index (χ0) is 19.4. The highest BCUT2D eigenvalue weighted by molar-refractivity contribution is 7.15. The van der Waals surface area contributed by atoms with Crippen LogP contribution in [-0.2, 0) is 14.3 Å². The summed E-state index contributed by atoms with van der Waals surface area (Å²) >= 11 is 1.53. The minimum absolute atomic E-state index is 0.0521. The van der Waals surface area contributed by atoms with Gasteiger partial charge in [0.05, 0.1) is 7.11 Å². The van der Waals surface area contributed by atoms with Crippen molar-refractivity contribution in [2.45, 2.75) is 53.6 Å². The van der Waals surface area contributed by atoms with Gasteiger partial charge in [0, 0.05) is 23.5 Å². The molecule has 26 heavy (non-hydrogen) atoms. The third-order valence-corrected chi connectivity index (χ3v) is 6.78. The molecule has 0 unspecified atom stereocenters. The summed E-state index contributed by atoms with van der Waals surface area (Å²) in [7, 11) is 1.39. The quantitative estimate of drug-likeness (QED) is 0.815. The molecule has 0 spiro atoms. The van der Waals surface area contributed by atoms with Gasteiger partial charge in [-0.2, -0.15) is 0 Å². The number of rotatable bonds is 4. The van der Waals surface area contributed by atoms with Gasteiger partial charge in [0.2, 0.25) is 5.91 Å². The molecule has 1 saturated heterocycles. The van der Waals surface area contributed by atoms with Crippen molar-refractivity contribution in [3.63, 3.8) is 0 Å². The van der Waals surface area contributed by atoms with Crippen molar-refractivity contribution in [1.82, 2.24) is 9.88 Å². The second kappa shape index (κ2) is 6.22. The number of anilines is 1. The van der Waals surface area contributed by atoms with Gasteiger partial charge in [-0.15, -0.1) is 11.3 Å². The van der Waals surface area contributed by atoms with Gasteiger partial charge in [-0.1, -0.05) is 34.6 Å². The molecule has 2 fully saturated rings. The number of hydrogen-bond donors (Lipinski definition) is 1. The average molecular weight is 380 g/mol. The third kappa shape index (κ3) is 3.10. The van der Waals surface area contributed by atoms with Crippen LogP contribution >= 0.6 is 11.3 Å². The van der Waals surface area contributed by atoms with Crippen LogP contribution in [0.3, 0.4) is 0 Å². The topological polar surface area (TPSA) is 71.5 Å². The minimum Gasteiger partial charge on any atom is -0.467 e. The van der Waals surface area contributed by atoms with Crippen molar-refractivity contribution in [1.29, 1.82) is 0 Å². The highest BCUT2D eigenvalue weighted by atomic mass is 32.1. The molecule has 1 N–H and O–H groups in total.